The summed E-state index contributed by atoms with van der Waals surface area (Å²) in [4.78, 5) is 12.4. The number of fused-ring (bicyclic) bond motifs is 1. The first kappa shape index (κ1) is 16.1. The second-order valence-electron chi connectivity index (χ2n) is 5.77. The number of nitrogens with one attached hydrogen (secondary N) is 1. The van der Waals surface area contributed by atoms with E-state index in [9.17, 15) is 4.79 Å². The van der Waals surface area contributed by atoms with Crippen LogP contribution in [0.1, 0.15) is 31.9 Å². The molecular weight excluding hydrogens is 306 g/mol. The molecule has 3 rings (SSSR count). The summed E-state index contributed by atoms with van der Waals surface area (Å²) in [6, 6.07) is 7.62. The van der Waals surface area contributed by atoms with Crippen molar-refractivity contribution in [3.63, 3.8) is 0 Å². The Labute approximate surface area is 140 Å². The summed E-state index contributed by atoms with van der Waals surface area (Å²) < 4.78 is 12.5. The third-order valence-corrected chi connectivity index (χ3v) is 4.16. The van der Waals surface area contributed by atoms with E-state index in [4.69, 9.17) is 9.15 Å². The lowest BCUT2D eigenvalue weighted by atomic mass is 10.1. The summed E-state index contributed by atoms with van der Waals surface area (Å²) >= 11 is 0. The van der Waals surface area contributed by atoms with Gasteiger partial charge in [0.2, 0.25) is 5.91 Å². The molecule has 1 aromatic carbocycles. The smallest absolute Gasteiger partial charge is 0.230 e. The van der Waals surface area contributed by atoms with E-state index in [0.717, 1.165) is 23.1 Å². The Morgan fingerprint density at radius 1 is 1.42 bits per heavy atom. The SMILES string of the molecule is CCC(C)n1nccc1NC(=O)Cc1coc2cc(OC)ccc12. The van der Waals surface area contributed by atoms with Crippen molar-refractivity contribution in [3.05, 3.63) is 42.3 Å². The van der Waals surface area contributed by atoms with Crippen LogP contribution in [0.5, 0.6) is 5.75 Å². The predicted molar refractivity (Wildman–Crippen MR) is 92.3 cm³/mol. The molecule has 0 radical (unpaired) electrons. The summed E-state index contributed by atoms with van der Waals surface area (Å²) in [5.41, 5.74) is 1.56. The first-order valence-corrected chi connectivity index (χ1v) is 7.99. The van der Waals surface area contributed by atoms with Gasteiger partial charge in [0.05, 0.1) is 32.0 Å². The number of hydrogen-bond acceptors (Lipinski definition) is 4. The van der Waals surface area contributed by atoms with Crippen molar-refractivity contribution in [3.8, 4) is 5.75 Å². The van der Waals surface area contributed by atoms with Gasteiger partial charge in [-0.15, -0.1) is 0 Å². The number of anilines is 1. The van der Waals surface area contributed by atoms with E-state index in [1.54, 1.807) is 19.6 Å². The van der Waals surface area contributed by atoms with Crippen LogP contribution in [0.3, 0.4) is 0 Å². The quantitative estimate of drug-likeness (QED) is 0.748. The van der Waals surface area contributed by atoms with Gasteiger partial charge in [0.1, 0.15) is 17.2 Å². The number of furan rings is 1. The van der Waals surface area contributed by atoms with Gasteiger partial charge in [0.25, 0.3) is 0 Å². The average molecular weight is 327 g/mol. The molecule has 1 unspecified atom stereocenters. The number of nitrogens with zero attached hydrogens (tertiary/aromatic N) is 2. The van der Waals surface area contributed by atoms with Crippen LogP contribution in [0.25, 0.3) is 11.0 Å². The second kappa shape index (κ2) is 6.78. The van der Waals surface area contributed by atoms with Crippen molar-refractivity contribution >= 4 is 22.7 Å². The fraction of sp³-hybridized carbons (Fsp3) is 0.333. The molecule has 0 aliphatic rings. The summed E-state index contributed by atoms with van der Waals surface area (Å²) in [6.07, 6.45) is 4.50. The van der Waals surface area contributed by atoms with Crippen LogP contribution in [-0.2, 0) is 11.2 Å². The van der Waals surface area contributed by atoms with Gasteiger partial charge >= 0.3 is 0 Å². The van der Waals surface area contributed by atoms with Crippen LogP contribution in [0.15, 0.2) is 41.1 Å². The zero-order valence-corrected chi connectivity index (χ0v) is 14.1. The third kappa shape index (κ3) is 3.13. The molecule has 0 bridgehead atoms. The van der Waals surface area contributed by atoms with E-state index in [0.29, 0.717) is 11.4 Å². The van der Waals surface area contributed by atoms with Gasteiger partial charge in [0, 0.05) is 23.1 Å². The number of carbonyl (C=O) groups excluding carboxylic acids is 1. The summed E-state index contributed by atoms with van der Waals surface area (Å²) in [7, 11) is 1.61. The minimum Gasteiger partial charge on any atom is -0.497 e. The molecule has 0 aliphatic carbocycles. The van der Waals surface area contributed by atoms with Crippen molar-refractivity contribution in [2.45, 2.75) is 32.7 Å². The number of ether oxygens (including phenoxy) is 1. The van der Waals surface area contributed by atoms with Gasteiger partial charge in [-0.3, -0.25) is 4.79 Å². The lowest BCUT2D eigenvalue weighted by Gasteiger charge is -2.14. The number of benzene rings is 1. The number of methoxy groups -OCH3 is 1. The van der Waals surface area contributed by atoms with Crippen LogP contribution in [-0.4, -0.2) is 22.8 Å². The van der Waals surface area contributed by atoms with E-state index in [1.165, 1.54) is 0 Å². The summed E-state index contributed by atoms with van der Waals surface area (Å²) in [6.45, 7) is 4.16. The first-order chi connectivity index (χ1) is 11.6. The highest BCUT2D eigenvalue weighted by Gasteiger charge is 2.14. The maximum Gasteiger partial charge on any atom is 0.230 e. The molecule has 0 spiro atoms. The zero-order valence-electron chi connectivity index (χ0n) is 14.1. The Morgan fingerprint density at radius 3 is 3.00 bits per heavy atom. The third-order valence-electron chi connectivity index (χ3n) is 4.16. The van der Waals surface area contributed by atoms with Gasteiger partial charge in [-0.25, -0.2) is 4.68 Å². The van der Waals surface area contributed by atoms with E-state index < -0.39 is 0 Å². The highest BCUT2D eigenvalue weighted by atomic mass is 16.5. The fourth-order valence-corrected chi connectivity index (χ4v) is 2.62. The van der Waals surface area contributed by atoms with Crippen LogP contribution < -0.4 is 10.1 Å². The normalized spacial score (nSPS) is 12.3. The molecule has 3 aromatic rings. The maximum absolute atomic E-state index is 12.4. The summed E-state index contributed by atoms with van der Waals surface area (Å²) in [5.74, 6) is 1.34. The van der Waals surface area contributed by atoms with Gasteiger partial charge < -0.3 is 14.5 Å². The fourth-order valence-electron chi connectivity index (χ4n) is 2.62. The zero-order chi connectivity index (χ0) is 17.1. The Balaban J connectivity index is 1.75. The predicted octanol–water partition coefficient (Wildman–Crippen LogP) is 3.79. The number of rotatable bonds is 6. The number of aromatic nitrogens is 2. The molecule has 126 valence electrons. The molecule has 1 N–H and O–H groups in total. The van der Waals surface area contributed by atoms with Gasteiger partial charge in [-0.1, -0.05) is 6.92 Å². The van der Waals surface area contributed by atoms with Crippen LogP contribution in [0.4, 0.5) is 5.82 Å². The second-order valence-corrected chi connectivity index (χ2v) is 5.77. The molecule has 2 heterocycles. The topological polar surface area (TPSA) is 69.3 Å². The van der Waals surface area contributed by atoms with Gasteiger partial charge in [-0.05, 0) is 25.5 Å². The number of hydrogen-bond donors (Lipinski definition) is 1. The maximum atomic E-state index is 12.4. The minimum atomic E-state index is -0.0985. The standard InChI is InChI=1S/C18H21N3O3/c1-4-12(2)21-17(7-8-19-21)20-18(22)9-13-11-24-16-10-14(23-3)5-6-15(13)16/h5-8,10-12H,4,9H2,1-3H3,(H,20,22). The number of amides is 1. The largest absolute Gasteiger partial charge is 0.497 e. The highest BCUT2D eigenvalue weighted by molar-refractivity contribution is 5.95. The molecule has 6 nitrogen and oxygen atoms in total. The van der Waals surface area contributed by atoms with Gasteiger partial charge in [-0.2, -0.15) is 5.10 Å². The van der Waals surface area contributed by atoms with E-state index >= 15 is 0 Å². The number of carbonyl (C=O) groups is 1. The van der Waals surface area contributed by atoms with Crippen molar-refractivity contribution in [2.75, 3.05) is 12.4 Å². The van der Waals surface area contributed by atoms with Crippen molar-refractivity contribution < 1.29 is 13.9 Å². The minimum absolute atomic E-state index is 0.0985. The van der Waals surface area contributed by atoms with Crippen LogP contribution in [0.2, 0.25) is 0 Å². The van der Waals surface area contributed by atoms with Crippen LogP contribution in [0, 0.1) is 0 Å². The van der Waals surface area contributed by atoms with E-state index in [-0.39, 0.29) is 18.4 Å². The molecule has 24 heavy (non-hydrogen) atoms. The molecule has 0 saturated heterocycles. The van der Waals surface area contributed by atoms with Crippen molar-refractivity contribution in [1.29, 1.82) is 0 Å². The van der Waals surface area contributed by atoms with Crippen LogP contribution >= 0.6 is 0 Å². The Kier molecular flexibility index (Phi) is 4.55. The first-order valence-electron chi connectivity index (χ1n) is 7.99. The molecule has 1 atom stereocenters. The monoisotopic (exact) mass is 327 g/mol. The molecule has 0 aliphatic heterocycles. The van der Waals surface area contributed by atoms with Gasteiger partial charge in [0.15, 0.2) is 0 Å². The van der Waals surface area contributed by atoms with Crippen molar-refractivity contribution in [2.24, 2.45) is 0 Å². The molecule has 0 saturated carbocycles. The lowest BCUT2D eigenvalue weighted by Crippen LogP contribution is -2.18. The van der Waals surface area contributed by atoms with E-state index in [2.05, 4.69) is 24.3 Å². The molecule has 2 aromatic heterocycles. The molecule has 1 amide bonds. The molecule has 6 heteroatoms. The Morgan fingerprint density at radius 2 is 2.25 bits per heavy atom. The van der Waals surface area contributed by atoms with E-state index in [1.807, 2.05) is 28.9 Å². The highest BCUT2D eigenvalue weighted by Crippen LogP contribution is 2.26. The molecular formula is C18H21N3O3. The Hall–Kier alpha value is -2.76. The Bertz CT molecular complexity index is 850. The average Bonchev–Trinajstić information content (AvgIpc) is 3.21. The summed E-state index contributed by atoms with van der Waals surface area (Å²) in [5, 5.41) is 8.12. The molecule has 0 fully saturated rings. The lowest BCUT2D eigenvalue weighted by molar-refractivity contribution is -0.115. The van der Waals surface area contributed by atoms with Crippen molar-refractivity contribution in [1.82, 2.24) is 9.78 Å².